The predicted octanol–water partition coefficient (Wildman–Crippen LogP) is -3.09. The van der Waals surface area contributed by atoms with Crippen molar-refractivity contribution < 1.29 is 29.4 Å². The first kappa shape index (κ1) is 30.3. The van der Waals surface area contributed by atoms with Gasteiger partial charge in [-0.25, -0.2) is 9.78 Å². The van der Waals surface area contributed by atoms with Gasteiger partial charge in [-0.15, -0.1) is 0 Å². The second-order valence-electron chi connectivity index (χ2n) is 8.67. The summed E-state index contributed by atoms with van der Waals surface area (Å²) in [5.41, 5.74) is 17.0. The van der Waals surface area contributed by atoms with Gasteiger partial charge in [-0.2, -0.15) is 0 Å². The van der Waals surface area contributed by atoms with Gasteiger partial charge < -0.3 is 48.3 Å². The number of aromatic amines is 1. The van der Waals surface area contributed by atoms with Crippen LogP contribution in [0.25, 0.3) is 0 Å². The summed E-state index contributed by atoms with van der Waals surface area (Å²) in [5, 5.41) is 26.2. The maximum absolute atomic E-state index is 13.0. The number of carboxylic acids is 1. The highest BCUT2D eigenvalue weighted by atomic mass is 16.4. The number of aliphatic carboxylic acids is 1. The maximum Gasteiger partial charge on any atom is 0.326 e. The van der Waals surface area contributed by atoms with Gasteiger partial charge in [0.1, 0.15) is 18.1 Å². The van der Waals surface area contributed by atoms with Crippen LogP contribution in [-0.2, 0) is 25.6 Å². The highest BCUT2D eigenvalue weighted by Gasteiger charge is 2.30. The van der Waals surface area contributed by atoms with Crippen LogP contribution in [0.3, 0.4) is 0 Å². The topological polar surface area (TPSA) is 264 Å². The van der Waals surface area contributed by atoms with Crippen molar-refractivity contribution in [1.82, 2.24) is 25.9 Å². The van der Waals surface area contributed by atoms with Crippen LogP contribution >= 0.6 is 0 Å². The number of nitrogens with zero attached hydrogens (tertiary/aromatic N) is 2. The molecule has 0 aromatic carbocycles. The molecule has 202 valence electrons. The molecule has 1 rings (SSSR count). The largest absolute Gasteiger partial charge is 0.480 e. The molecule has 0 saturated carbocycles. The zero-order valence-electron chi connectivity index (χ0n) is 20.4. The number of hydrogen-bond acceptors (Lipinski definition) is 8. The SMILES string of the molecule is CC(C)CC(NC(=O)C(CO)NC(=O)C(Cc1cnc[nH]1)NC(=O)C(N)CCCN=C(N)N)C(=O)O. The number of aliphatic imine (C=N–C) groups is 1. The quantitative estimate of drug-likeness (QED) is 0.0613. The maximum atomic E-state index is 13.0. The van der Waals surface area contributed by atoms with Gasteiger partial charge in [0.15, 0.2) is 5.96 Å². The Morgan fingerprint density at radius 2 is 1.67 bits per heavy atom. The average Bonchev–Trinajstić information content (AvgIpc) is 3.31. The fourth-order valence-corrected chi connectivity index (χ4v) is 3.19. The third-order valence-corrected chi connectivity index (χ3v) is 5.05. The molecule has 1 heterocycles. The lowest BCUT2D eigenvalue weighted by molar-refractivity contribution is -0.143. The summed E-state index contributed by atoms with van der Waals surface area (Å²) in [7, 11) is 0. The minimum Gasteiger partial charge on any atom is -0.480 e. The zero-order chi connectivity index (χ0) is 27.3. The molecule has 0 bridgehead atoms. The predicted molar refractivity (Wildman–Crippen MR) is 130 cm³/mol. The van der Waals surface area contributed by atoms with Gasteiger partial charge in [-0.3, -0.25) is 19.4 Å². The molecule has 15 heteroatoms. The Morgan fingerprint density at radius 3 is 2.19 bits per heavy atom. The lowest BCUT2D eigenvalue weighted by Gasteiger charge is -2.24. The van der Waals surface area contributed by atoms with E-state index in [1.807, 2.05) is 0 Å². The van der Waals surface area contributed by atoms with Gasteiger partial charge in [0, 0.05) is 24.9 Å². The van der Waals surface area contributed by atoms with Crippen LogP contribution in [0.5, 0.6) is 0 Å². The van der Waals surface area contributed by atoms with Gasteiger partial charge in [-0.05, 0) is 25.2 Å². The van der Waals surface area contributed by atoms with E-state index < -0.39 is 54.5 Å². The minimum atomic E-state index is -1.44. The first-order valence-electron chi connectivity index (χ1n) is 11.5. The Labute approximate surface area is 208 Å². The summed E-state index contributed by atoms with van der Waals surface area (Å²) in [6.07, 6.45) is 3.68. The number of nitrogens with two attached hydrogens (primary N) is 3. The number of aliphatic hydroxyl groups excluding tert-OH is 1. The van der Waals surface area contributed by atoms with Crippen molar-refractivity contribution in [3.63, 3.8) is 0 Å². The second-order valence-corrected chi connectivity index (χ2v) is 8.67. The highest BCUT2D eigenvalue weighted by molar-refractivity contribution is 5.94. The number of imidazole rings is 1. The van der Waals surface area contributed by atoms with Crippen LogP contribution in [0.1, 0.15) is 38.8 Å². The Bertz CT molecular complexity index is 886. The number of aromatic nitrogens is 2. The molecule has 1 aromatic rings. The Balaban J connectivity index is 2.87. The van der Waals surface area contributed by atoms with E-state index in [0.29, 0.717) is 12.1 Å². The summed E-state index contributed by atoms with van der Waals surface area (Å²) in [6, 6.07) is -4.77. The van der Waals surface area contributed by atoms with E-state index in [1.54, 1.807) is 13.8 Å². The van der Waals surface area contributed by atoms with Crippen molar-refractivity contribution in [2.24, 2.45) is 28.1 Å². The van der Waals surface area contributed by atoms with E-state index in [1.165, 1.54) is 12.5 Å². The number of carboxylic acid groups (broad SMARTS) is 1. The lowest BCUT2D eigenvalue weighted by atomic mass is 10.0. The number of carbonyl (C=O) groups excluding carboxylic acids is 3. The number of rotatable bonds is 16. The monoisotopic (exact) mass is 511 g/mol. The Kier molecular flexibility index (Phi) is 12.9. The lowest BCUT2D eigenvalue weighted by Crippen LogP contribution is -2.58. The number of guanidine groups is 1. The number of hydrogen-bond donors (Lipinski definition) is 9. The van der Waals surface area contributed by atoms with E-state index in [0.717, 1.165) is 0 Å². The molecular formula is C21H37N9O6. The van der Waals surface area contributed by atoms with Crippen molar-refractivity contribution >= 4 is 29.7 Å². The number of aliphatic hydroxyl groups is 1. The molecule has 4 unspecified atom stereocenters. The van der Waals surface area contributed by atoms with Gasteiger partial charge in [0.25, 0.3) is 0 Å². The summed E-state index contributed by atoms with van der Waals surface area (Å²) < 4.78 is 0. The van der Waals surface area contributed by atoms with Crippen molar-refractivity contribution in [3.8, 4) is 0 Å². The van der Waals surface area contributed by atoms with Crippen LogP contribution < -0.4 is 33.2 Å². The van der Waals surface area contributed by atoms with Crippen LogP contribution in [0.2, 0.25) is 0 Å². The Morgan fingerprint density at radius 1 is 1.06 bits per heavy atom. The van der Waals surface area contributed by atoms with E-state index >= 15 is 0 Å². The van der Waals surface area contributed by atoms with Gasteiger partial charge >= 0.3 is 5.97 Å². The van der Waals surface area contributed by atoms with Crippen LogP contribution in [0.4, 0.5) is 0 Å². The van der Waals surface area contributed by atoms with Crippen molar-refractivity contribution in [1.29, 1.82) is 0 Å². The average molecular weight is 512 g/mol. The summed E-state index contributed by atoms with van der Waals surface area (Å²) in [4.78, 5) is 60.1. The molecular weight excluding hydrogens is 474 g/mol. The van der Waals surface area contributed by atoms with Gasteiger partial charge in [0.05, 0.1) is 19.0 Å². The van der Waals surface area contributed by atoms with Crippen LogP contribution in [0, 0.1) is 5.92 Å². The summed E-state index contributed by atoms with van der Waals surface area (Å²) in [5.74, 6) is -3.61. The van der Waals surface area contributed by atoms with Crippen molar-refractivity contribution in [2.45, 2.75) is 63.7 Å². The normalized spacial score (nSPS) is 14.2. The van der Waals surface area contributed by atoms with Crippen LogP contribution in [0.15, 0.2) is 17.5 Å². The first-order chi connectivity index (χ1) is 16.9. The third-order valence-electron chi connectivity index (χ3n) is 5.05. The summed E-state index contributed by atoms with van der Waals surface area (Å²) in [6.45, 7) is 3.08. The van der Waals surface area contributed by atoms with Gasteiger partial charge in [0.2, 0.25) is 17.7 Å². The Hall–Kier alpha value is -3.72. The molecule has 4 atom stereocenters. The van der Waals surface area contributed by atoms with E-state index in [4.69, 9.17) is 17.2 Å². The van der Waals surface area contributed by atoms with Gasteiger partial charge in [-0.1, -0.05) is 13.8 Å². The first-order valence-corrected chi connectivity index (χ1v) is 11.5. The number of nitrogens with one attached hydrogen (secondary N) is 4. The second kappa shape index (κ2) is 15.3. The fourth-order valence-electron chi connectivity index (χ4n) is 3.19. The number of carbonyl (C=O) groups is 4. The number of amides is 3. The van der Waals surface area contributed by atoms with E-state index in [9.17, 15) is 29.4 Å². The molecule has 0 aliphatic heterocycles. The van der Waals surface area contributed by atoms with Crippen molar-refractivity contribution in [2.75, 3.05) is 13.2 Å². The van der Waals surface area contributed by atoms with E-state index in [2.05, 4.69) is 30.9 Å². The third kappa shape index (κ3) is 11.1. The van der Waals surface area contributed by atoms with Crippen molar-refractivity contribution in [3.05, 3.63) is 18.2 Å². The molecule has 0 aliphatic carbocycles. The standard InChI is InChI=1S/C21H37N9O6/c1-11(2)6-15(20(35)36)29-19(34)16(9-31)30-18(33)14(7-12-8-25-10-27-12)28-17(32)13(22)4-3-5-26-21(23)24/h8,10-11,13-16,31H,3-7,9,22H2,1-2H3,(H,25,27)(H,28,32)(H,29,34)(H,30,33)(H,35,36)(H4,23,24,26). The smallest absolute Gasteiger partial charge is 0.326 e. The molecule has 1 aromatic heterocycles. The molecule has 0 aliphatic rings. The van der Waals surface area contributed by atoms with E-state index in [-0.39, 0.29) is 37.7 Å². The number of H-pyrrole nitrogens is 1. The van der Waals surface area contributed by atoms with Crippen LogP contribution in [-0.4, -0.2) is 87.2 Å². The molecule has 0 radical (unpaired) electrons. The zero-order valence-corrected chi connectivity index (χ0v) is 20.4. The molecule has 15 nitrogen and oxygen atoms in total. The summed E-state index contributed by atoms with van der Waals surface area (Å²) >= 11 is 0. The molecule has 0 spiro atoms. The molecule has 0 fully saturated rings. The minimum absolute atomic E-state index is 0.0108. The fraction of sp³-hybridized carbons (Fsp3) is 0.619. The molecule has 36 heavy (non-hydrogen) atoms. The molecule has 0 saturated heterocycles. The highest BCUT2D eigenvalue weighted by Crippen LogP contribution is 2.06. The molecule has 3 amide bonds. The molecule has 12 N–H and O–H groups in total.